The second-order valence-electron chi connectivity index (χ2n) is 7.62. The van der Waals surface area contributed by atoms with Crippen LogP contribution in [-0.4, -0.2) is 22.5 Å². The molecule has 1 saturated carbocycles. The first-order valence-electron chi connectivity index (χ1n) is 9.25. The smallest absolute Gasteiger partial charge is 0.293 e. The van der Waals surface area contributed by atoms with E-state index in [4.69, 9.17) is 0 Å². The van der Waals surface area contributed by atoms with Crippen molar-refractivity contribution in [2.24, 2.45) is 11.3 Å². The summed E-state index contributed by atoms with van der Waals surface area (Å²) in [6.45, 7) is 3.58. The van der Waals surface area contributed by atoms with Gasteiger partial charge >= 0.3 is 6.18 Å². The minimum atomic E-state index is -4.80. The highest BCUT2D eigenvalue weighted by Crippen LogP contribution is 2.60. The first kappa shape index (κ1) is 20.0. The van der Waals surface area contributed by atoms with Gasteiger partial charge in [0.2, 0.25) is 6.04 Å². The third-order valence-corrected chi connectivity index (χ3v) is 6.24. The van der Waals surface area contributed by atoms with Gasteiger partial charge in [0.15, 0.2) is 11.6 Å². The Balaban J connectivity index is 2.03. The van der Waals surface area contributed by atoms with E-state index in [1.165, 1.54) is 30.3 Å². The number of rotatable bonds is 3. The Hall–Kier alpha value is -3.29. The maximum Gasteiger partial charge on any atom is 0.416 e. The van der Waals surface area contributed by atoms with Gasteiger partial charge in [0.1, 0.15) is 5.41 Å². The van der Waals surface area contributed by atoms with Gasteiger partial charge in [0.25, 0.3) is 0 Å². The minimum Gasteiger partial charge on any atom is -0.293 e. The third kappa shape index (κ3) is 2.56. The van der Waals surface area contributed by atoms with Gasteiger partial charge in [-0.2, -0.15) is 13.2 Å². The lowest BCUT2D eigenvalue weighted by Crippen LogP contribution is -2.41. The normalized spacial score (nSPS) is 24.8. The molecule has 8 heteroatoms. The summed E-state index contributed by atoms with van der Waals surface area (Å²) in [6.07, 6.45) is -3.80. The molecule has 0 saturated heterocycles. The van der Waals surface area contributed by atoms with Crippen LogP contribution < -0.4 is 0 Å². The molecule has 154 valence electrons. The summed E-state index contributed by atoms with van der Waals surface area (Å²) >= 11 is 0. The summed E-state index contributed by atoms with van der Waals surface area (Å²) in [6, 6.07) is 8.81. The molecule has 0 bridgehead atoms. The quantitative estimate of drug-likeness (QED) is 0.315. The third-order valence-electron chi connectivity index (χ3n) is 6.24. The fraction of sp³-hybridized carbons (Fsp3) is 0.273. The lowest BCUT2D eigenvalue weighted by Gasteiger charge is -2.30. The highest BCUT2D eigenvalue weighted by Gasteiger charge is 2.69. The number of ketones is 2. The van der Waals surface area contributed by atoms with Gasteiger partial charge in [-0.25, -0.2) is 0 Å². The molecule has 3 atom stereocenters. The van der Waals surface area contributed by atoms with Crippen molar-refractivity contribution >= 4 is 11.6 Å². The number of nitrogens with zero attached hydrogens (tertiary/aromatic N) is 1. The van der Waals surface area contributed by atoms with E-state index in [0.717, 1.165) is 12.1 Å². The molecule has 2 aliphatic carbocycles. The first-order chi connectivity index (χ1) is 14.1. The van der Waals surface area contributed by atoms with E-state index in [-0.39, 0.29) is 17.5 Å². The van der Waals surface area contributed by atoms with Crippen LogP contribution in [0.2, 0.25) is 0 Å². The topological polar surface area (TPSA) is 77.3 Å². The van der Waals surface area contributed by atoms with Crippen molar-refractivity contribution in [1.82, 2.24) is 0 Å². The van der Waals surface area contributed by atoms with Crippen LogP contribution in [0.1, 0.15) is 44.2 Å². The van der Waals surface area contributed by atoms with Crippen molar-refractivity contribution in [3.8, 4) is 0 Å². The average Bonchev–Trinajstić information content (AvgIpc) is 3.17. The average molecular weight is 415 g/mol. The largest absolute Gasteiger partial charge is 0.416 e. The van der Waals surface area contributed by atoms with E-state index < -0.39 is 57.1 Å². The van der Waals surface area contributed by atoms with E-state index in [1.54, 1.807) is 12.1 Å². The van der Waals surface area contributed by atoms with Crippen molar-refractivity contribution in [2.45, 2.75) is 24.6 Å². The SMILES string of the molecule is C=C[C@@H]1CC2(C(=O)c3ccccc3C2=O)[C@@H](c2ccccc2C(F)(F)F)[C@@H]1[N+](=O)[O-]. The molecule has 5 nitrogen and oxygen atoms in total. The highest BCUT2D eigenvalue weighted by molar-refractivity contribution is 6.30. The second kappa shape index (κ2) is 6.62. The minimum absolute atomic E-state index is 0.0869. The number of hydrogen-bond acceptors (Lipinski definition) is 4. The highest BCUT2D eigenvalue weighted by atomic mass is 19.4. The monoisotopic (exact) mass is 415 g/mol. The predicted octanol–water partition coefficient (Wildman–Crippen LogP) is 4.71. The van der Waals surface area contributed by atoms with E-state index in [9.17, 15) is 32.9 Å². The Kier molecular flexibility index (Phi) is 4.41. The molecular formula is C22H16F3NO4. The standard InChI is InChI=1S/C22H16F3NO4/c1-2-12-11-21(19(27)13-7-3-4-8-14(13)20(21)28)17(18(12)26(29)30)15-9-5-6-10-16(15)22(23,24)25/h2-10,12,17-18H,1,11H2/t12-,17+,18-/m1/s1. The fourth-order valence-corrected chi connectivity index (χ4v) is 5.07. The molecule has 2 aliphatic rings. The van der Waals surface area contributed by atoms with Gasteiger partial charge in [-0.05, 0) is 18.1 Å². The molecular weight excluding hydrogens is 399 g/mol. The van der Waals surface area contributed by atoms with Crippen molar-refractivity contribution in [3.63, 3.8) is 0 Å². The second-order valence-corrected chi connectivity index (χ2v) is 7.62. The number of benzene rings is 2. The lowest BCUT2D eigenvalue weighted by atomic mass is 9.69. The van der Waals surface area contributed by atoms with Crippen LogP contribution in [-0.2, 0) is 6.18 Å². The summed E-state index contributed by atoms with van der Waals surface area (Å²) < 4.78 is 41.3. The maximum atomic E-state index is 13.8. The predicted molar refractivity (Wildman–Crippen MR) is 101 cm³/mol. The van der Waals surface area contributed by atoms with Gasteiger partial charge in [-0.15, -0.1) is 6.58 Å². The molecule has 4 rings (SSSR count). The summed E-state index contributed by atoms with van der Waals surface area (Å²) in [5.74, 6) is -3.84. The van der Waals surface area contributed by atoms with E-state index >= 15 is 0 Å². The van der Waals surface area contributed by atoms with Gasteiger partial charge in [-0.1, -0.05) is 48.5 Å². The van der Waals surface area contributed by atoms with Crippen LogP contribution in [0.4, 0.5) is 13.2 Å². The Labute approximate surface area is 169 Å². The number of carbonyl (C=O) groups is 2. The lowest BCUT2D eigenvalue weighted by molar-refractivity contribution is -0.530. The summed E-state index contributed by atoms with van der Waals surface area (Å²) in [5, 5.41) is 12.0. The molecule has 0 aliphatic heterocycles. The van der Waals surface area contributed by atoms with Crippen LogP contribution in [0.15, 0.2) is 61.2 Å². The van der Waals surface area contributed by atoms with Crippen LogP contribution in [0, 0.1) is 21.4 Å². The molecule has 0 aromatic heterocycles. The zero-order valence-electron chi connectivity index (χ0n) is 15.6. The summed E-state index contributed by atoms with van der Waals surface area (Å²) in [4.78, 5) is 38.2. The molecule has 0 amide bonds. The number of carbonyl (C=O) groups excluding carboxylic acids is 2. The maximum absolute atomic E-state index is 13.8. The molecule has 2 aromatic rings. The first-order valence-corrected chi connectivity index (χ1v) is 9.25. The summed E-state index contributed by atoms with van der Waals surface area (Å²) in [7, 11) is 0. The van der Waals surface area contributed by atoms with Crippen LogP contribution in [0.5, 0.6) is 0 Å². The number of fused-ring (bicyclic) bond motifs is 1. The molecule has 1 fully saturated rings. The van der Waals surface area contributed by atoms with Gasteiger partial charge in [0, 0.05) is 22.0 Å². The zero-order chi connectivity index (χ0) is 21.8. The fourth-order valence-electron chi connectivity index (χ4n) is 5.07. The number of halogens is 3. The van der Waals surface area contributed by atoms with Crippen molar-refractivity contribution in [1.29, 1.82) is 0 Å². The van der Waals surface area contributed by atoms with Crippen molar-refractivity contribution in [3.05, 3.63) is 93.6 Å². The van der Waals surface area contributed by atoms with Crippen LogP contribution in [0.25, 0.3) is 0 Å². The molecule has 0 N–H and O–H groups in total. The Morgan fingerprint density at radius 2 is 1.57 bits per heavy atom. The number of nitro groups is 1. The van der Waals surface area contributed by atoms with Gasteiger partial charge < -0.3 is 0 Å². The van der Waals surface area contributed by atoms with Crippen LogP contribution >= 0.6 is 0 Å². The van der Waals surface area contributed by atoms with Gasteiger partial charge in [0.05, 0.1) is 11.5 Å². The van der Waals surface area contributed by atoms with E-state index in [0.29, 0.717) is 0 Å². The number of alkyl halides is 3. The number of Topliss-reactive ketones (excluding diaryl/α,β-unsaturated/α-hetero) is 2. The molecule has 1 spiro atoms. The Bertz CT molecular complexity index is 1060. The molecule has 2 aromatic carbocycles. The van der Waals surface area contributed by atoms with Crippen molar-refractivity contribution < 1.29 is 27.7 Å². The van der Waals surface area contributed by atoms with Crippen molar-refractivity contribution in [2.75, 3.05) is 0 Å². The Morgan fingerprint density at radius 1 is 1.03 bits per heavy atom. The zero-order valence-corrected chi connectivity index (χ0v) is 15.6. The van der Waals surface area contributed by atoms with Gasteiger partial charge in [-0.3, -0.25) is 19.7 Å². The van der Waals surface area contributed by atoms with E-state index in [2.05, 4.69) is 6.58 Å². The van der Waals surface area contributed by atoms with E-state index in [1.807, 2.05) is 0 Å². The molecule has 0 radical (unpaired) electrons. The molecule has 0 unspecified atom stereocenters. The number of hydrogen-bond donors (Lipinski definition) is 0. The Morgan fingerprint density at radius 3 is 2.07 bits per heavy atom. The summed E-state index contributed by atoms with van der Waals surface area (Å²) in [5.41, 5.74) is -3.29. The molecule has 30 heavy (non-hydrogen) atoms. The van der Waals surface area contributed by atoms with Crippen LogP contribution in [0.3, 0.4) is 0 Å². The molecule has 0 heterocycles.